The van der Waals surface area contributed by atoms with Crippen molar-refractivity contribution in [3.63, 3.8) is 0 Å². The summed E-state index contributed by atoms with van der Waals surface area (Å²) in [4.78, 5) is 0. The van der Waals surface area contributed by atoms with Gasteiger partial charge >= 0.3 is 0 Å². The van der Waals surface area contributed by atoms with Gasteiger partial charge in [0.2, 0.25) is 0 Å². The Balaban J connectivity index is 2.12. The molecule has 0 saturated carbocycles. The van der Waals surface area contributed by atoms with Crippen LogP contribution in [0.3, 0.4) is 0 Å². The second-order valence-electron chi connectivity index (χ2n) is 5.44. The van der Waals surface area contributed by atoms with Crippen molar-refractivity contribution in [1.82, 2.24) is 5.32 Å². The maximum absolute atomic E-state index is 10.5. The molecule has 0 spiro atoms. The van der Waals surface area contributed by atoms with Crippen molar-refractivity contribution >= 4 is 0 Å². The summed E-state index contributed by atoms with van der Waals surface area (Å²) in [5, 5.41) is 13.9. The molecule has 2 N–H and O–H groups in total. The van der Waals surface area contributed by atoms with Crippen molar-refractivity contribution in [1.29, 1.82) is 0 Å². The zero-order valence-electron chi connectivity index (χ0n) is 13.6. The van der Waals surface area contributed by atoms with Gasteiger partial charge in [-0.2, -0.15) is 0 Å². The molecule has 3 rings (SSSR count). The van der Waals surface area contributed by atoms with E-state index in [1.165, 1.54) is 5.56 Å². The summed E-state index contributed by atoms with van der Waals surface area (Å²) in [7, 11) is 4.81. The molecule has 5 nitrogen and oxygen atoms in total. The Morgan fingerprint density at radius 3 is 2.35 bits per heavy atom. The Kier molecular flexibility index (Phi) is 4.30. The lowest BCUT2D eigenvalue weighted by Crippen LogP contribution is -2.30. The van der Waals surface area contributed by atoms with Gasteiger partial charge in [-0.3, -0.25) is 0 Å². The molecule has 1 atom stereocenters. The first-order chi connectivity index (χ1) is 11.2. The molecule has 1 heterocycles. The molecule has 1 unspecified atom stereocenters. The third-order valence-corrected chi connectivity index (χ3v) is 4.26. The van der Waals surface area contributed by atoms with Gasteiger partial charge in [0.25, 0.3) is 0 Å². The van der Waals surface area contributed by atoms with E-state index in [1.54, 1.807) is 27.4 Å². The van der Waals surface area contributed by atoms with Crippen molar-refractivity contribution in [3.05, 3.63) is 47.0 Å². The van der Waals surface area contributed by atoms with E-state index in [2.05, 4.69) is 5.32 Å². The molecular formula is C18H21NO4. The molecule has 122 valence electrons. The van der Waals surface area contributed by atoms with E-state index in [0.717, 1.165) is 29.8 Å². The Morgan fingerprint density at radius 2 is 1.65 bits per heavy atom. The highest BCUT2D eigenvalue weighted by Crippen LogP contribution is 2.41. The third kappa shape index (κ3) is 2.68. The largest absolute Gasteiger partial charge is 0.504 e. The molecule has 23 heavy (non-hydrogen) atoms. The monoisotopic (exact) mass is 315 g/mol. The van der Waals surface area contributed by atoms with Crippen molar-refractivity contribution in [3.8, 4) is 23.0 Å². The molecule has 0 aromatic heterocycles. The Hall–Kier alpha value is -2.40. The van der Waals surface area contributed by atoms with Crippen LogP contribution >= 0.6 is 0 Å². The van der Waals surface area contributed by atoms with Gasteiger partial charge in [-0.15, -0.1) is 0 Å². The quantitative estimate of drug-likeness (QED) is 0.908. The lowest BCUT2D eigenvalue weighted by molar-refractivity contribution is 0.352. The number of phenols is 1. The number of aromatic hydroxyl groups is 1. The van der Waals surface area contributed by atoms with Crippen LogP contribution in [-0.4, -0.2) is 33.0 Å². The molecule has 0 aliphatic carbocycles. The minimum Gasteiger partial charge on any atom is -0.504 e. The van der Waals surface area contributed by atoms with Crippen LogP contribution in [0.1, 0.15) is 22.7 Å². The first-order valence-corrected chi connectivity index (χ1v) is 7.53. The van der Waals surface area contributed by atoms with Gasteiger partial charge in [-0.05, 0) is 35.7 Å². The molecule has 2 aromatic carbocycles. The molecular weight excluding hydrogens is 294 g/mol. The number of hydrogen-bond donors (Lipinski definition) is 2. The summed E-state index contributed by atoms with van der Waals surface area (Å²) >= 11 is 0. The topological polar surface area (TPSA) is 60.0 Å². The molecule has 1 aliphatic heterocycles. The van der Waals surface area contributed by atoms with Crippen LogP contribution in [0.25, 0.3) is 0 Å². The van der Waals surface area contributed by atoms with Gasteiger partial charge in [0.15, 0.2) is 23.0 Å². The predicted octanol–water partition coefficient (Wildman–Crippen LogP) is 2.65. The van der Waals surface area contributed by atoms with Crippen LogP contribution in [0.5, 0.6) is 23.0 Å². The van der Waals surface area contributed by atoms with E-state index in [4.69, 9.17) is 14.2 Å². The maximum Gasteiger partial charge on any atom is 0.162 e. The normalized spacial score (nSPS) is 16.6. The van der Waals surface area contributed by atoms with Crippen LogP contribution in [-0.2, 0) is 6.42 Å². The van der Waals surface area contributed by atoms with Gasteiger partial charge in [0.1, 0.15) is 0 Å². The first kappa shape index (κ1) is 15.5. The van der Waals surface area contributed by atoms with E-state index in [9.17, 15) is 5.11 Å². The van der Waals surface area contributed by atoms with E-state index in [0.29, 0.717) is 11.5 Å². The molecule has 1 aliphatic rings. The maximum atomic E-state index is 10.5. The van der Waals surface area contributed by atoms with Crippen LogP contribution in [0.2, 0.25) is 0 Å². The van der Waals surface area contributed by atoms with E-state index >= 15 is 0 Å². The minimum atomic E-state index is -0.117. The summed E-state index contributed by atoms with van der Waals surface area (Å²) in [5.41, 5.74) is 3.06. The van der Waals surface area contributed by atoms with E-state index in [1.807, 2.05) is 24.3 Å². The fourth-order valence-electron chi connectivity index (χ4n) is 3.10. The zero-order chi connectivity index (χ0) is 16.4. The number of phenolic OH excluding ortho intramolecular Hbond substituents is 1. The van der Waals surface area contributed by atoms with Crippen LogP contribution in [0.4, 0.5) is 0 Å². The average Bonchev–Trinajstić information content (AvgIpc) is 2.60. The average molecular weight is 315 g/mol. The zero-order valence-corrected chi connectivity index (χ0v) is 13.6. The second-order valence-corrected chi connectivity index (χ2v) is 5.44. The SMILES string of the molecule is COc1cc2c(cc1OC)C(c1cccc(OC)c1O)NCC2. The smallest absolute Gasteiger partial charge is 0.162 e. The Labute approximate surface area is 135 Å². The summed E-state index contributed by atoms with van der Waals surface area (Å²) in [6.07, 6.45) is 0.900. The van der Waals surface area contributed by atoms with Crippen LogP contribution in [0.15, 0.2) is 30.3 Å². The van der Waals surface area contributed by atoms with E-state index in [-0.39, 0.29) is 11.8 Å². The molecule has 0 fully saturated rings. The fourth-order valence-corrected chi connectivity index (χ4v) is 3.10. The number of rotatable bonds is 4. The lowest BCUT2D eigenvalue weighted by atomic mass is 9.89. The fraction of sp³-hybridized carbons (Fsp3) is 0.333. The predicted molar refractivity (Wildman–Crippen MR) is 87.8 cm³/mol. The van der Waals surface area contributed by atoms with Gasteiger partial charge in [0.05, 0.1) is 27.4 Å². The van der Waals surface area contributed by atoms with E-state index < -0.39 is 0 Å². The summed E-state index contributed by atoms with van der Waals surface area (Å²) < 4.78 is 16.0. The standard InChI is InChI=1S/C18H21NO4/c1-21-14-6-4-5-12(18(14)20)17-13-10-16(23-3)15(22-2)9-11(13)7-8-19-17/h4-6,9-10,17,19-20H,7-8H2,1-3H3. The molecule has 0 bridgehead atoms. The van der Waals surface area contributed by atoms with Gasteiger partial charge in [-0.25, -0.2) is 0 Å². The van der Waals surface area contributed by atoms with Gasteiger partial charge in [0, 0.05) is 12.1 Å². The van der Waals surface area contributed by atoms with Crippen molar-refractivity contribution in [2.75, 3.05) is 27.9 Å². The number of benzene rings is 2. The number of ether oxygens (including phenoxy) is 3. The summed E-state index contributed by atoms with van der Waals surface area (Å²) in [5.74, 6) is 2.04. The third-order valence-electron chi connectivity index (χ3n) is 4.26. The van der Waals surface area contributed by atoms with Gasteiger partial charge in [-0.1, -0.05) is 12.1 Å². The summed E-state index contributed by atoms with van der Waals surface area (Å²) in [6.45, 7) is 0.823. The Morgan fingerprint density at radius 1 is 0.957 bits per heavy atom. The molecule has 5 heteroatoms. The number of hydrogen-bond acceptors (Lipinski definition) is 5. The summed E-state index contributed by atoms with van der Waals surface area (Å²) in [6, 6.07) is 9.40. The number of para-hydroxylation sites is 1. The van der Waals surface area contributed by atoms with Crippen LogP contribution < -0.4 is 19.5 Å². The van der Waals surface area contributed by atoms with Crippen molar-refractivity contribution < 1.29 is 19.3 Å². The molecule has 2 aromatic rings. The second kappa shape index (κ2) is 6.38. The highest BCUT2D eigenvalue weighted by atomic mass is 16.5. The number of methoxy groups -OCH3 is 3. The molecule has 0 radical (unpaired) electrons. The minimum absolute atomic E-state index is 0.117. The Bertz CT molecular complexity index is 714. The van der Waals surface area contributed by atoms with Crippen molar-refractivity contribution in [2.45, 2.75) is 12.5 Å². The number of nitrogens with one attached hydrogen (secondary N) is 1. The van der Waals surface area contributed by atoms with Gasteiger partial charge < -0.3 is 24.6 Å². The highest BCUT2D eigenvalue weighted by molar-refractivity contribution is 5.55. The number of fused-ring (bicyclic) bond motifs is 1. The first-order valence-electron chi connectivity index (χ1n) is 7.53. The highest BCUT2D eigenvalue weighted by Gasteiger charge is 2.26. The van der Waals surface area contributed by atoms with Crippen molar-refractivity contribution in [2.24, 2.45) is 0 Å². The molecule has 0 amide bonds. The lowest BCUT2D eigenvalue weighted by Gasteiger charge is -2.29. The molecule has 0 saturated heterocycles. The van der Waals surface area contributed by atoms with Crippen LogP contribution in [0, 0.1) is 0 Å².